The van der Waals surface area contributed by atoms with E-state index in [-0.39, 0.29) is 51.4 Å². The van der Waals surface area contributed by atoms with Gasteiger partial charge in [0.05, 0.1) is 23.5 Å². The summed E-state index contributed by atoms with van der Waals surface area (Å²) in [7, 11) is 0. The number of rotatable bonds is 5. The van der Waals surface area contributed by atoms with Crippen LogP contribution in [0.4, 0.5) is 0 Å². The number of aromatic amines is 1. The highest BCUT2D eigenvalue weighted by Gasteiger charge is 2.69. The van der Waals surface area contributed by atoms with E-state index in [9.17, 15) is 29.4 Å². The number of aromatic nitrogens is 1. The Morgan fingerprint density at radius 3 is 2.65 bits per heavy atom. The molecule has 3 fully saturated rings. The number of hydrogen-bond acceptors (Lipinski definition) is 8. The van der Waals surface area contributed by atoms with Crippen molar-refractivity contribution in [2.45, 2.75) is 29.5 Å². The number of phenolic OH excluding ortho intramolecular Hbond substituents is 1. The smallest absolute Gasteiger partial charge is 0.323 e. The lowest BCUT2D eigenvalue weighted by molar-refractivity contribution is -0.149. The summed E-state index contributed by atoms with van der Waals surface area (Å²) in [4.78, 5) is 54.5. The number of imide groups is 1. The highest BCUT2D eigenvalue weighted by atomic mass is 32.2. The van der Waals surface area contributed by atoms with Gasteiger partial charge < -0.3 is 19.9 Å². The molecule has 2 saturated carbocycles. The Hall–Kier alpha value is -2.79. The van der Waals surface area contributed by atoms with Crippen LogP contribution in [0.25, 0.3) is 0 Å². The summed E-state index contributed by atoms with van der Waals surface area (Å²) in [6.07, 6.45) is 0.724. The number of thiazole rings is 1. The zero-order chi connectivity index (χ0) is 23.9. The van der Waals surface area contributed by atoms with E-state index in [0.717, 1.165) is 38.1 Å². The first-order valence-corrected chi connectivity index (χ1v) is 12.9. The first kappa shape index (κ1) is 21.7. The van der Waals surface area contributed by atoms with E-state index >= 15 is 0 Å². The molecule has 2 aromatic rings. The van der Waals surface area contributed by atoms with E-state index in [1.807, 2.05) is 13.0 Å². The predicted octanol–water partition coefficient (Wildman–Crippen LogP) is 2.10. The van der Waals surface area contributed by atoms with Crippen LogP contribution >= 0.6 is 23.1 Å². The van der Waals surface area contributed by atoms with E-state index in [0.29, 0.717) is 12.4 Å². The molecule has 7 atom stereocenters. The number of likely N-dealkylation sites (tertiary alicyclic amines) is 1. The Labute approximate surface area is 202 Å². The van der Waals surface area contributed by atoms with E-state index in [4.69, 9.17) is 4.74 Å². The van der Waals surface area contributed by atoms with Crippen LogP contribution < -0.4 is 9.61 Å². The van der Waals surface area contributed by atoms with Crippen LogP contribution in [-0.2, 0) is 14.4 Å². The van der Waals surface area contributed by atoms with Gasteiger partial charge in [-0.2, -0.15) is 0 Å². The number of fused-ring (bicyclic) bond motifs is 9. The van der Waals surface area contributed by atoms with Crippen molar-refractivity contribution in [3.05, 3.63) is 38.3 Å². The average Bonchev–Trinajstić information content (AvgIpc) is 3.51. The maximum Gasteiger partial charge on any atom is 0.323 e. The fourth-order valence-electron chi connectivity index (χ4n) is 6.74. The van der Waals surface area contributed by atoms with Gasteiger partial charge in [-0.3, -0.25) is 24.1 Å². The first-order chi connectivity index (χ1) is 16.3. The van der Waals surface area contributed by atoms with E-state index in [1.165, 1.54) is 0 Å². The summed E-state index contributed by atoms with van der Waals surface area (Å²) in [6.45, 7) is 1.61. The topological polar surface area (TPSA) is 137 Å². The Morgan fingerprint density at radius 1 is 1.21 bits per heavy atom. The van der Waals surface area contributed by atoms with Crippen molar-refractivity contribution in [2.75, 3.05) is 13.2 Å². The van der Waals surface area contributed by atoms with Crippen molar-refractivity contribution >= 4 is 40.9 Å². The van der Waals surface area contributed by atoms with Gasteiger partial charge in [0.1, 0.15) is 6.54 Å². The van der Waals surface area contributed by atoms with Crippen LogP contribution in [0, 0.1) is 29.6 Å². The molecule has 11 heteroatoms. The number of carbonyl (C=O) groups is 3. The molecule has 2 aliphatic carbocycles. The summed E-state index contributed by atoms with van der Waals surface area (Å²) in [5.74, 6) is -2.97. The molecule has 0 unspecified atom stereocenters. The average molecular weight is 503 g/mol. The lowest BCUT2D eigenvalue weighted by atomic mass is 9.68. The molecule has 2 amide bonds. The Morgan fingerprint density at radius 2 is 1.94 bits per heavy atom. The molecular weight excluding hydrogens is 480 g/mol. The number of aliphatic carboxylic acids is 1. The number of thioether (sulfide) groups is 1. The number of carboxylic acids is 1. The summed E-state index contributed by atoms with van der Waals surface area (Å²) >= 11 is 2.72. The summed E-state index contributed by atoms with van der Waals surface area (Å²) in [6, 6.07) is 5.21. The normalized spacial score (nSPS) is 33.1. The van der Waals surface area contributed by atoms with Crippen molar-refractivity contribution in [3.8, 4) is 11.5 Å². The third-order valence-corrected chi connectivity index (χ3v) is 10.3. The second kappa shape index (κ2) is 7.61. The van der Waals surface area contributed by atoms with Gasteiger partial charge in [-0.05, 0) is 48.8 Å². The van der Waals surface area contributed by atoms with Gasteiger partial charge >= 0.3 is 10.8 Å². The molecule has 2 bridgehead atoms. The van der Waals surface area contributed by atoms with E-state index in [2.05, 4.69) is 4.98 Å². The zero-order valence-corrected chi connectivity index (χ0v) is 19.7. The summed E-state index contributed by atoms with van der Waals surface area (Å²) < 4.78 is 5.60. The summed E-state index contributed by atoms with van der Waals surface area (Å²) in [5, 5.41) is 20.2. The molecule has 9 nitrogen and oxygen atoms in total. The van der Waals surface area contributed by atoms with Crippen LogP contribution in [0.2, 0.25) is 0 Å². The van der Waals surface area contributed by atoms with Gasteiger partial charge in [0.25, 0.3) is 0 Å². The Balaban J connectivity index is 1.45. The molecule has 6 rings (SSSR count). The molecule has 2 aliphatic heterocycles. The van der Waals surface area contributed by atoms with Gasteiger partial charge in [0.2, 0.25) is 11.8 Å². The molecule has 1 aromatic heterocycles. The number of phenols is 1. The van der Waals surface area contributed by atoms with Crippen molar-refractivity contribution in [2.24, 2.45) is 29.6 Å². The van der Waals surface area contributed by atoms with Crippen LogP contribution in [-0.4, -0.2) is 56.3 Å². The molecule has 3 N–H and O–H groups in total. The fourth-order valence-corrected chi connectivity index (χ4v) is 9.63. The third-order valence-electron chi connectivity index (χ3n) is 7.75. The van der Waals surface area contributed by atoms with E-state index < -0.39 is 24.3 Å². The summed E-state index contributed by atoms with van der Waals surface area (Å²) in [5.41, 5.74) is 0.885. The predicted molar refractivity (Wildman–Crippen MR) is 122 cm³/mol. The zero-order valence-electron chi connectivity index (χ0n) is 18.1. The second-order valence-electron chi connectivity index (χ2n) is 9.28. The van der Waals surface area contributed by atoms with Gasteiger partial charge in [-0.15, -0.1) is 11.8 Å². The van der Waals surface area contributed by atoms with Crippen molar-refractivity contribution in [1.29, 1.82) is 0 Å². The minimum absolute atomic E-state index is 0.00394. The second-order valence-corrected chi connectivity index (χ2v) is 11.5. The lowest BCUT2D eigenvalue weighted by Crippen LogP contribution is -2.42. The molecule has 0 radical (unpaired) electrons. The van der Waals surface area contributed by atoms with Crippen molar-refractivity contribution in [3.63, 3.8) is 0 Å². The number of nitrogens with one attached hydrogen (secondary N) is 1. The van der Waals surface area contributed by atoms with Crippen LogP contribution in [0.15, 0.2) is 28.0 Å². The van der Waals surface area contributed by atoms with Gasteiger partial charge in [0.15, 0.2) is 11.5 Å². The quantitative estimate of drug-likeness (QED) is 0.529. The van der Waals surface area contributed by atoms with Crippen LogP contribution in [0.3, 0.4) is 0 Å². The van der Waals surface area contributed by atoms with Gasteiger partial charge in [-0.1, -0.05) is 17.4 Å². The standard InChI is InChI=1S/C23H22N2O7S2/c1-2-32-12-5-8(3-4-11(12)26)14-15-9-6-10(18(15)33-20-19(14)34-23(31)24-20)17-16(9)21(29)25(22(17)30)7-13(27)28/h3-5,9-10,14-18,26H,2,6-7H2,1H3,(H,24,31)(H,27,28)/t9-,10+,14-,15+,16+,17+,18-/m0/s1. The number of hydrogen-bond donors (Lipinski definition) is 3. The van der Waals surface area contributed by atoms with Crippen LogP contribution in [0.1, 0.15) is 29.7 Å². The van der Waals surface area contributed by atoms with Gasteiger partial charge in [-0.25, -0.2) is 0 Å². The minimum Gasteiger partial charge on any atom is -0.504 e. The highest BCUT2D eigenvalue weighted by molar-refractivity contribution is 8.00. The highest BCUT2D eigenvalue weighted by Crippen LogP contribution is 2.68. The number of carboxylic acid groups (broad SMARTS) is 1. The minimum atomic E-state index is -1.20. The number of aromatic hydroxyl groups is 1. The molecule has 1 saturated heterocycles. The van der Waals surface area contributed by atoms with Crippen molar-refractivity contribution < 1.29 is 29.3 Å². The largest absolute Gasteiger partial charge is 0.504 e. The molecule has 178 valence electrons. The number of amides is 2. The van der Waals surface area contributed by atoms with E-state index in [1.54, 1.807) is 23.9 Å². The SMILES string of the molecule is CCOc1cc([C@@H]2c3sc(=O)[nH]c3S[C@H]3[C@@H]4C[C@H]([C@H]5C(=O)N(CC(=O)O)C(=O)[C@H]45)[C@H]23)ccc1O. The third kappa shape index (κ3) is 2.92. The number of benzene rings is 1. The molecule has 34 heavy (non-hydrogen) atoms. The molecule has 3 heterocycles. The maximum absolute atomic E-state index is 13.2. The maximum atomic E-state index is 13.2. The van der Waals surface area contributed by atoms with Crippen LogP contribution in [0.5, 0.6) is 11.5 Å². The molecule has 4 aliphatic rings. The number of H-pyrrole nitrogens is 1. The molecular formula is C23H22N2O7S2. The van der Waals surface area contributed by atoms with Crippen molar-refractivity contribution in [1.82, 2.24) is 9.88 Å². The number of nitrogens with zero attached hydrogens (tertiary/aromatic N) is 1. The monoisotopic (exact) mass is 502 g/mol. The Bertz CT molecular complexity index is 1290. The molecule has 0 spiro atoms. The number of carbonyl (C=O) groups excluding carboxylic acids is 2. The lowest BCUT2D eigenvalue weighted by Gasteiger charge is -2.43. The Kier molecular flexibility index (Phi) is 4.86. The first-order valence-electron chi connectivity index (χ1n) is 11.2. The van der Waals surface area contributed by atoms with Gasteiger partial charge in [0, 0.05) is 16.0 Å². The molecule has 1 aromatic carbocycles. The number of ether oxygens (including phenoxy) is 1. The fraction of sp³-hybridized carbons (Fsp3) is 0.478.